The van der Waals surface area contributed by atoms with Crippen molar-refractivity contribution in [1.82, 2.24) is 0 Å². The second kappa shape index (κ2) is 5.91. The van der Waals surface area contributed by atoms with Crippen LogP contribution < -0.4 is 10.6 Å². The van der Waals surface area contributed by atoms with Gasteiger partial charge >= 0.3 is 0 Å². The van der Waals surface area contributed by atoms with Gasteiger partial charge in [0.25, 0.3) is 0 Å². The molecule has 1 aromatic rings. The lowest BCUT2D eigenvalue weighted by molar-refractivity contribution is -0.121. The number of halogens is 1. The summed E-state index contributed by atoms with van der Waals surface area (Å²) >= 11 is 4.91. The van der Waals surface area contributed by atoms with Gasteiger partial charge in [0.2, 0.25) is 5.91 Å². The van der Waals surface area contributed by atoms with Gasteiger partial charge in [-0.1, -0.05) is 38.2 Å². The maximum absolute atomic E-state index is 13.6. The Morgan fingerprint density at radius 3 is 2.39 bits per heavy atom. The Morgan fingerprint density at radius 1 is 1.39 bits per heavy atom. The van der Waals surface area contributed by atoms with Crippen LogP contribution in [0.1, 0.15) is 13.8 Å². The number of hydrogen-bond donors (Lipinski definition) is 1. The molecule has 1 rings (SSSR count). The van der Waals surface area contributed by atoms with Gasteiger partial charge in [-0.25, -0.2) is 4.39 Å². The van der Waals surface area contributed by atoms with Crippen LogP contribution in [0, 0.1) is 17.7 Å². The van der Waals surface area contributed by atoms with Gasteiger partial charge < -0.3 is 10.6 Å². The number of hydrogen-bond acceptors (Lipinski definition) is 2. The van der Waals surface area contributed by atoms with Crippen molar-refractivity contribution in [2.24, 2.45) is 17.6 Å². The number of benzene rings is 1. The highest BCUT2D eigenvalue weighted by atomic mass is 32.1. The Hall–Kier alpha value is -1.49. The molecule has 0 fully saturated rings. The van der Waals surface area contributed by atoms with Crippen molar-refractivity contribution in [1.29, 1.82) is 0 Å². The Morgan fingerprint density at radius 2 is 1.94 bits per heavy atom. The lowest BCUT2D eigenvalue weighted by Crippen LogP contribution is -2.42. The molecule has 2 N–H and O–H groups in total. The highest BCUT2D eigenvalue weighted by molar-refractivity contribution is 7.80. The molecule has 98 valence electrons. The van der Waals surface area contributed by atoms with Crippen molar-refractivity contribution < 1.29 is 9.18 Å². The molecule has 0 saturated carbocycles. The number of thiocarbonyl (C=S) groups is 1. The third-order valence-corrected chi connectivity index (χ3v) is 3.04. The topological polar surface area (TPSA) is 46.3 Å². The van der Waals surface area contributed by atoms with Crippen molar-refractivity contribution >= 4 is 28.8 Å². The smallest absolute Gasteiger partial charge is 0.237 e. The SMILES string of the molecule is CC(C)C(C(=O)N(C)c1ccccc1F)C(N)=S. The first-order valence-corrected chi connectivity index (χ1v) is 6.08. The van der Waals surface area contributed by atoms with Gasteiger partial charge in [0.1, 0.15) is 5.82 Å². The third-order valence-electron chi connectivity index (χ3n) is 2.78. The number of amides is 1. The highest BCUT2D eigenvalue weighted by Crippen LogP contribution is 2.22. The monoisotopic (exact) mass is 268 g/mol. The quantitative estimate of drug-likeness (QED) is 0.853. The molecule has 1 amide bonds. The second-order valence-electron chi connectivity index (χ2n) is 4.47. The summed E-state index contributed by atoms with van der Waals surface area (Å²) in [6.07, 6.45) is 0. The van der Waals surface area contributed by atoms with Crippen LogP contribution in [-0.2, 0) is 4.79 Å². The summed E-state index contributed by atoms with van der Waals surface area (Å²) in [5, 5.41) is 0. The first-order chi connectivity index (χ1) is 8.36. The first kappa shape index (κ1) is 14.6. The first-order valence-electron chi connectivity index (χ1n) is 5.67. The minimum absolute atomic E-state index is 0.0239. The van der Waals surface area contributed by atoms with E-state index in [0.717, 1.165) is 0 Å². The van der Waals surface area contributed by atoms with Gasteiger partial charge in [0, 0.05) is 7.05 Å². The van der Waals surface area contributed by atoms with Gasteiger partial charge in [-0.15, -0.1) is 0 Å². The molecule has 0 aliphatic carbocycles. The summed E-state index contributed by atoms with van der Waals surface area (Å²) in [6, 6.07) is 6.10. The minimum Gasteiger partial charge on any atom is -0.393 e. The van der Waals surface area contributed by atoms with Crippen LogP contribution in [0.2, 0.25) is 0 Å². The van der Waals surface area contributed by atoms with Crippen LogP contribution in [-0.4, -0.2) is 17.9 Å². The van der Waals surface area contributed by atoms with E-state index >= 15 is 0 Å². The van der Waals surface area contributed by atoms with Gasteiger partial charge in [0.05, 0.1) is 16.6 Å². The molecule has 1 atom stereocenters. The molecule has 0 saturated heterocycles. The molecule has 0 aromatic heterocycles. The molecule has 0 aliphatic rings. The third kappa shape index (κ3) is 3.04. The number of rotatable bonds is 4. The second-order valence-corrected chi connectivity index (χ2v) is 4.94. The summed E-state index contributed by atoms with van der Waals surface area (Å²) in [5.41, 5.74) is 5.81. The van der Waals surface area contributed by atoms with Crippen LogP contribution in [0.25, 0.3) is 0 Å². The molecule has 0 bridgehead atoms. The minimum atomic E-state index is -0.579. The molecule has 5 heteroatoms. The van der Waals surface area contributed by atoms with Gasteiger partial charge in [-0.3, -0.25) is 4.79 Å². The Kier molecular flexibility index (Phi) is 4.78. The van der Waals surface area contributed by atoms with E-state index in [2.05, 4.69) is 0 Å². The zero-order chi connectivity index (χ0) is 13.9. The van der Waals surface area contributed by atoms with Crippen molar-refractivity contribution in [3.05, 3.63) is 30.1 Å². The number of anilines is 1. The Bertz CT molecular complexity index is 462. The number of nitrogens with two attached hydrogens (primary N) is 1. The normalized spacial score (nSPS) is 12.3. The van der Waals surface area contributed by atoms with Gasteiger partial charge in [-0.2, -0.15) is 0 Å². The molecule has 1 aromatic carbocycles. The lowest BCUT2D eigenvalue weighted by Gasteiger charge is -2.25. The Labute approximate surface area is 112 Å². The fraction of sp³-hybridized carbons (Fsp3) is 0.385. The summed E-state index contributed by atoms with van der Waals surface area (Å²) in [4.78, 5) is 13.7. The predicted octanol–water partition coefficient (Wildman–Crippen LogP) is 2.35. The number of para-hydroxylation sites is 1. The van der Waals surface area contributed by atoms with E-state index in [-0.39, 0.29) is 22.5 Å². The van der Waals surface area contributed by atoms with Crippen molar-refractivity contribution in [3.8, 4) is 0 Å². The van der Waals surface area contributed by atoms with E-state index < -0.39 is 11.7 Å². The molecule has 0 radical (unpaired) electrons. The standard InChI is InChI=1S/C13H17FN2OS/c1-8(2)11(12(15)18)13(17)16(3)10-7-5-4-6-9(10)14/h4-8,11H,1-3H3,(H2,15,18). The zero-order valence-corrected chi connectivity index (χ0v) is 11.5. The van der Waals surface area contributed by atoms with Crippen molar-refractivity contribution in [3.63, 3.8) is 0 Å². The molecule has 3 nitrogen and oxygen atoms in total. The molecule has 0 aliphatic heterocycles. The van der Waals surface area contributed by atoms with E-state index in [1.165, 1.54) is 18.0 Å². The lowest BCUT2D eigenvalue weighted by atomic mass is 9.94. The van der Waals surface area contributed by atoms with Gasteiger partial charge in [-0.05, 0) is 18.1 Å². The number of carbonyl (C=O) groups is 1. The van der Waals surface area contributed by atoms with Crippen molar-refractivity contribution in [2.75, 3.05) is 11.9 Å². The van der Waals surface area contributed by atoms with Crippen LogP contribution in [0.5, 0.6) is 0 Å². The fourth-order valence-corrected chi connectivity index (χ4v) is 2.16. The van der Waals surface area contributed by atoms with Crippen molar-refractivity contribution in [2.45, 2.75) is 13.8 Å². The van der Waals surface area contributed by atoms with Crippen LogP contribution >= 0.6 is 12.2 Å². The van der Waals surface area contributed by atoms with E-state index in [0.29, 0.717) is 0 Å². The van der Waals surface area contributed by atoms with E-state index in [9.17, 15) is 9.18 Å². The van der Waals surface area contributed by atoms with Crippen LogP contribution in [0.15, 0.2) is 24.3 Å². The number of nitrogens with zero attached hydrogens (tertiary/aromatic N) is 1. The highest BCUT2D eigenvalue weighted by Gasteiger charge is 2.29. The molecular weight excluding hydrogens is 251 g/mol. The van der Waals surface area contributed by atoms with E-state index in [1.54, 1.807) is 18.2 Å². The summed E-state index contributed by atoms with van der Waals surface area (Å²) in [5.74, 6) is -1.34. The zero-order valence-electron chi connectivity index (χ0n) is 10.7. The molecule has 1 unspecified atom stereocenters. The largest absolute Gasteiger partial charge is 0.393 e. The molecule has 0 spiro atoms. The maximum Gasteiger partial charge on any atom is 0.237 e. The molecular formula is C13H17FN2OS. The average Bonchev–Trinajstić information content (AvgIpc) is 2.27. The summed E-state index contributed by atoms with van der Waals surface area (Å²) < 4.78 is 13.6. The van der Waals surface area contributed by atoms with Crippen LogP contribution in [0.4, 0.5) is 10.1 Å². The molecule has 18 heavy (non-hydrogen) atoms. The maximum atomic E-state index is 13.6. The van der Waals surface area contributed by atoms with E-state index in [1.807, 2.05) is 13.8 Å². The van der Waals surface area contributed by atoms with E-state index in [4.69, 9.17) is 18.0 Å². The molecule has 0 heterocycles. The Balaban J connectivity index is 3.03. The summed E-state index contributed by atoms with van der Waals surface area (Å²) in [6.45, 7) is 3.72. The summed E-state index contributed by atoms with van der Waals surface area (Å²) in [7, 11) is 1.52. The fourth-order valence-electron chi connectivity index (χ4n) is 1.79. The average molecular weight is 268 g/mol. The van der Waals surface area contributed by atoms with Gasteiger partial charge in [0.15, 0.2) is 0 Å². The van der Waals surface area contributed by atoms with Crippen LogP contribution in [0.3, 0.4) is 0 Å². The number of carbonyl (C=O) groups excluding carboxylic acids is 1. The predicted molar refractivity (Wildman–Crippen MR) is 74.9 cm³/mol.